The van der Waals surface area contributed by atoms with Crippen LogP contribution in [0.25, 0.3) is 0 Å². The molecule has 5 nitrogen and oxygen atoms in total. The Kier molecular flexibility index (Phi) is 7.61. The van der Waals surface area contributed by atoms with Crippen molar-refractivity contribution in [3.05, 3.63) is 71.0 Å². The Morgan fingerprint density at radius 3 is 2.50 bits per heavy atom. The number of esters is 1. The molecule has 2 aromatic carbocycles. The maximum absolute atomic E-state index is 13.6. The van der Waals surface area contributed by atoms with E-state index in [1.807, 2.05) is 25.1 Å². The molecular weight excluding hydrogens is 333 g/mol. The summed E-state index contributed by atoms with van der Waals surface area (Å²) in [6, 6.07) is 13.9. The van der Waals surface area contributed by atoms with E-state index in [1.165, 1.54) is 13.2 Å². The number of carbonyl (C=O) groups excluding carboxylic acids is 1. The van der Waals surface area contributed by atoms with Crippen molar-refractivity contribution in [3.63, 3.8) is 0 Å². The molecule has 0 aliphatic rings. The van der Waals surface area contributed by atoms with E-state index in [4.69, 9.17) is 0 Å². The number of benzene rings is 2. The SMILES string of the molecule is CCNC(=NCc1ccc(C(=O)OC)cc1)NCCc1ccccc1F. The van der Waals surface area contributed by atoms with Gasteiger partial charge in [-0.2, -0.15) is 0 Å². The normalized spacial score (nSPS) is 11.1. The average molecular weight is 357 g/mol. The van der Waals surface area contributed by atoms with Crippen LogP contribution in [0.4, 0.5) is 4.39 Å². The molecule has 0 radical (unpaired) electrons. The molecule has 0 unspecified atom stereocenters. The first-order chi connectivity index (χ1) is 12.6. The van der Waals surface area contributed by atoms with Crippen LogP contribution in [-0.4, -0.2) is 32.1 Å². The van der Waals surface area contributed by atoms with Crippen LogP contribution in [0.3, 0.4) is 0 Å². The summed E-state index contributed by atoms with van der Waals surface area (Å²) < 4.78 is 18.3. The number of halogens is 1. The third-order valence-electron chi connectivity index (χ3n) is 3.78. The van der Waals surface area contributed by atoms with Crippen LogP contribution in [0, 0.1) is 5.82 Å². The maximum Gasteiger partial charge on any atom is 0.337 e. The first-order valence-corrected chi connectivity index (χ1v) is 8.57. The molecule has 2 N–H and O–H groups in total. The van der Waals surface area contributed by atoms with Gasteiger partial charge in [0.2, 0.25) is 0 Å². The van der Waals surface area contributed by atoms with Gasteiger partial charge in [0.1, 0.15) is 5.82 Å². The van der Waals surface area contributed by atoms with Gasteiger partial charge in [-0.1, -0.05) is 30.3 Å². The monoisotopic (exact) mass is 357 g/mol. The van der Waals surface area contributed by atoms with Gasteiger partial charge < -0.3 is 15.4 Å². The van der Waals surface area contributed by atoms with Gasteiger partial charge in [-0.3, -0.25) is 0 Å². The molecule has 0 spiro atoms. The minimum Gasteiger partial charge on any atom is -0.465 e. The van der Waals surface area contributed by atoms with Gasteiger partial charge in [0.15, 0.2) is 5.96 Å². The van der Waals surface area contributed by atoms with Crippen molar-refractivity contribution in [2.24, 2.45) is 4.99 Å². The predicted molar refractivity (Wildman–Crippen MR) is 101 cm³/mol. The first-order valence-electron chi connectivity index (χ1n) is 8.57. The van der Waals surface area contributed by atoms with Gasteiger partial charge in [0.25, 0.3) is 0 Å². The minimum absolute atomic E-state index is 0.193. The van der Waals surface area contributed by atoms with Crippen molar-refractivity contribution in [2.45, 2.75) is 19.9 Å². The third-order valence-corrected chi connectivity index (χ3v) is 3.78. The molecule has 0 saturated heterocycles. The van der Waals surface area contributed by atoms with Crippen LogP contribution in [0.1, 0.15) is 28.4 Å². The number of aliphatic imine (C=N–C) groups is 1. The zero-order valence-electron chi connectivity index (χ0n) is 15.1. The quantitative estimate of drug-likeness (QED) is 0.454. The fraction of sp³-hybridized carbons (Fsp3) is 0.300. The van der Waals surface area contributed by atoms with Crippen molar-refractivity contribution < 1.29 is 13.9 Å². The molecule has 6 heteroatoms. The molecule has 0 aliphatic heterocycles. The molecule has 2 aromatic rings. The second kappa shape index (κ2) is 10.2. The van der Waals surface area contributed by atoms with Crippen LogP contribution in [0.5, 0.6) is 0 Å². The van der Waals surface area contributed by atoms with E-state index in [0.29, 0.717) is 36.6 Å². The molecule has 0 aliphatic carbocycles. The lowest BCUT2D eigenvalue weighted by Gasteiger charge is -2.11. The summed E-state index contributed by atoms with van der Waals surface area (Å²) in [5.41, 5.74) is 2.16. The summed E-state index contributed by atoms with van der Waals surface area (Å²) in [6.07, 6.45) is 0.574. The van der Waals surface area contributed by atoms with E-state index in [0.717, 1.165) is 12.1 Å². The molecule has 0 bridgehead atoms. The molecule has 0 saturated carbocycles. The highest BCUT2D eigenvalue weighted by molar-refractivity contribution is 5.89. The van der Waals surface area contributed by atoms with Crippen molar-refractivity contribution in [3.8, 4) is 0 Å². The molecule has 2 rings (SSSR count). The maximum atomic E-state index is 13.6. The third kappa shape index (κ3) is 5.88. The molecule has 0 heterocycles. The zero-order valence-corrected chi connectivity index (χ0v) is 15.1. The molecule has 0 amide bonds. The van der Waals surface area contributed by atoms with Gasteiger partial charge in [-0.05, 0) is 42.7 Å². The van der Waals surface area contributed by atoms with Crippen LogP contribution in [-0.2, 0) is 17.7 Å². The Balaban J connectivity index is 1.91. The van der Waals surface area contributed by atoms with E-state index in [2.05, 4.69) is 20.4 Å². The predicted octanol–water partition coefficient (Wildman–Crippen LogP) is 2.91. The number of nitrogens with one attached hydrogen (secondary N) is 2. The van der Waals surface area contributed by atoms with Crippen LogP contribution >= 0.6 is 0 Å². The summed E-state index contributed by atoms with van der Waals surface area (Å²) >= 11 is 0. The highest BCUT2D eigenvalue weighted by Crippen LogP contribution is 2.07. The molecule has 0 atom stereocenters. The van der Waals surface area contributed by atoms with Gasteiger partial charge in [0, 0.05) is 13.1 Å². The second-order valence-electron chi connectivity index (χ2n) is 5.65. The first kappa shape index (κ1) is 19.4. The number of hydrogen-bond donors (Lipinski definition) is 2. The summed E-state index contributed by atoms with van der Waals surface area (Å²) in [5.74, 6) is 0.117. The number of nitrogens with zero attached hydrogens (tertiary/aromatic N) is 1. The van der Waals surface area contributed by atoms with Crippen molar-refractivity contribution in [2.75, 3.05) is 20.2 Å². The average Bonchev–Trinajstić information content (AvgIpc) is 2.67. The van der Waals surface area contributed by atoms with E-state index in [9.17, 15) is 9.18 Å². The molecule has 0 aromatic heterocycles. The number of ether oxygens (including phenoxy) is 1. The fourth-order valence-electron chi connectivity index (χ4n) is 2.39. The Labute approximate surface area is 153 Å². The van der Waals surface area contributed by atoms with Gasteiger partial charge in [-0.25, -0.2) is 14.2 Å². The Morgan fingerprint density at radius 1 is 1.12 bits per heavy atom. The lowest BCUT2D eigenvalue weighted by molar-refractivity contribution is 0.0600. The number of guanidine groups is 1. The van der Waals surface area contributed by atoms with Crippen LogP contribution < -0.4 is 10.6 Å². The van der Waals surface area contributed by atoms with Crippen molar-refractivity contribution in [1.29, 1.82) is 0 Å². The smallest absolute Gasteiger partial charge is 0.337 e. The Bertz CT molecular complexity index is 745. The summed E-state index contributed by atoms with van der Waals surface area (Å²) in [4.78, 5) is 16.0. The van der Waals surface area contributed by atoms with Crippen molar-refractivity contribution >= 4 is 11.9 Å². The number of carbonyl (C=O) groups is 1. The highest BCUT2D eigenvalue weighted by Gasteiger charge is 2.05. The Morgan fingerprint density at radius 2 is 1.85 bits per heavy atom. The molecule has 0 fully saturated rings. The number of methoxy groups -OCH3 is 1. The summed E-state index contributed by atoms with van der Waals surface area (Å²) in [7, 11) is 1.36. The van der Waals surface area contributed by atoms with Gasteiger partial charge in [-0.15, -0.1) is 0 Å². The van der Waals surface area contributed by atoms with E-state index in [1.54, 1.807) is 24.3 Å². The lowest BCUT2D eigenvalue weighted by atomic mass is 10.1. The zero-order chi connectivity index (χ0) is 18.8. The lowest BCUT2D eigenvalue weighted by Crippen LogP contribution is -2.38. The molecule has 138 valence electrons. The van der Waals surface area contributed by atoms with Gasteiger partial charge in [0.05, 0.1) is 19.2 Å². The standard InChI is InChI=1S/C20H24FN3O2/c1-3-22-20(23-13-12-16-6-4-5-7-18(16)21)24-14-15-8-10-17(11-9-15)19(25)26-2/h4-11H,3,12-14H2,1-2H3,(H2,22,23,24). The highest BCUT2D eigenvalue weighted by atomic mass is 19.1. The fourth-order valence-corrected chi connectivity index (χ4v) is 2.39. The van der Waals surface area contributed by atoms with Crippen LogP contribution in [0.2, 0.25) is 0 Å². The topological polar surface area (TPSA) is 62.7 Å². The number of rotatable bonds is 7. The summed E-state index contributed by atoms with van der Waals surface area (Å²) in [6.45, 7) is 3.76. The van der Waals surface area contributed by atoms with E-state index >= 15 is 0 Å². The van der Waals surface area contributed by atoms with E-state index in [-0.39, 0.29) is 11.8 Å². The number of hydrogen-bond acceptors (Lipinski definition) is 3. The van der Waals surface area contributed by atoms with Gasteiger partial charge >= 0.3 is 5.97 Å². The minimum atomic E-state index is -0.358. The van der Waals surface area contributed by atoms with Crippen LogP contribution in [0.15, 0.2) is 53.5 Å². The summed E-state index contributed by atoms with van der Waals surface area (Å²) in [5, 5.41) is 6.37. The second-order valence-corrected chi connectivity index (χ2v) is 5.65. The largest absolute Gasteiger partial charge is 0.465 e. The molecular formula is C20H24FN3O2. The molecule has 26 heavy (non-hydrogen) atoms. The van der Waals surface area contributed by atoms with E-state index < -0.39 is 0 Å². The Hall–Kier alpha value is -2.89. The van der Waals surface area contributed by atoms with Crippen molar-refractivity contribution in [1.82, 2.24) is 10.6 Å².